The van der Waals surface area contributed by atoms with Crippen LogP contribution in [0.2, 0.25) is 0 Å². The van der Waals surface area contributed by atoms with E-state index in [1.807, 2.05) is 35.2 Å². The van der Waals surface area contributed by atoms with Gasteiger partial charge in [0.1, 0.15) is 6.07 Å². The third kappa shape index (κ3) is 4.15. The van der Waals surface area contributed by atoms with Crippen LogP contribution in [-0.4, -0.2) is 34.1 Å². The van der Waals surface area contributed by atoms with Gasteiger partial charge < -0.3 is 4.90 Å². The summed E-state index contributed by atoms with van der Waals surface area (Å²) in [6.45, 7) is 5.59. The molecule has 0 fully saturated rings. The van der Waals surface area contributed by atoms with Crippen molar-refractivity contribution in [2.75, 3.05) is 13.1 Å². The van der Waals surface area contributed by atoms with Gasteiger partial charge in [0.25, 0.3) is 0 Å². The largest absolute Gasteiger partial charge is 0.338 e. The fourth-order valence-electron chi connectivity index (χ4n) is 3.00. The van der Waals surface area contributed by atoms with Crippen molar-refractivity contribution in [1.29, 1.82) is 5.26 Å². The summed E-state index contributed by atoms with van der Waals surface area (Å²) in [6, 6.07) is 13.7. The summed E-state index contributed by atoms with van der Waals surface area (Å²) >= 11 is 0. The van der Waals surface area contributed by atoms with Gasteiger partial charge in [0.15, 0.2) is 5.69 Å². The number of nitriles is 1. The molecule has 1 aliphatic rings. The van der Waals surface area contributed by atoms with Gasteiger partial charge >= 0.3 is 0 Å². The quantitative estimate of drug-likeness (QED) is 0.851. The third-order valence-electron chi connectivity index (χ3n) is 4.67. The highest BCUT2D eigenvalue weighted by Gasteiger charge is 2.19. The van der Waals surface area contributed by atoms with Gasteiger partial charge in [0.05, 0.1) is 12.1 Å². The summed E-state index contributed by atoms with van der Waals surface area (Å²) in [6.07, 6.45) is 3.20. The van der Waals surface area contributed by atoms with Crippen LogP contribution in [0.3, 0.4) is 0 Å². The fraction of sp³-hybridized carbons (Fsp3) is 0.333. The number of carbonyl (C=O) groups excluding carboxylic acids is 1. The highest BCUT2D eigenvalue weighted by Crippen LogP contribution is 2.21. The molecule has 5 heteroatoms. The number of nitrogens with zero attached hydrogens (tertiary/aromatic N) is 4. The normalized spacial score (nSPS) is 14.1. The molecule has 0 bridgehead atoms. The maximum absolute atomic E-state index is 12.5. The van der Waals surface area contributed by atoms with E-state index in [9.17, 15) is 4.79 Å². The first-order chi connectivity index (χ1) is 12.6. The lowest BCUT2D eigenvalue weighted by Crippen LogP contribution is -2.35. The van der Waals surface area contributed by atoms with E-state index in [-0.39, 0.29) is 5.91 Å². The van der Waals surface area contributed by atoms with Gasteiger partial charge in [0, 0.05) is 13.1 Å². The van der Waals surface area contributed by atoms with E-state index in [0.29, 0.717) is 31.1 Å². The molecule has 1 aromatic carbocycles. The Labute approximate surface area is 154 Å². The average Bonchev–Trinajstić information content (AvgIpc) is 2.68. The van der Waals surface area contributed by atoms with Crippen LogP contribution >= 0.6 is 0 Å². The summed E-state index contributed by atoms with van der Waals surface area (Å²) < 4.78 is 0. The number of carbonyl (C=O) groups is 1. The molecule has 0 atom stereocenters. The van der Waals surface area contributed by atoms with Crippen molar-refractivity contribution in [3.05, 3.63) is 65.0 Å². The molecule has 132 valence electrons. The minimum Gasteiger partial charge on any atom is -0.338 e. The van der Waals surface area contributed by atoms with E-state index in [0.717, 1.165) is 23.3 Å². The maximum Gasteiger partial charge on any atom is 0.227 e. The van der Waals surface area contributed by atoms with Gasteiger partial charge in [-0.05, 0) is 41.2 Å². The number of benzene rings is 1. The van der Waals surface area contributed by atoms with Gasteiger partial charge in [-0.15, -0.1) is 10.2 Å². The Kier molecular flexibility index (Phi) is 5.43. The first-order valence-corrected chi connectivity index (χ1v) is 8.86. The van der Waals surface area contributed by atoms with Crippen LogP contribution in [0.5, 0.6) is 0 Å². The second kappa shape index (κ2) is 7.92. The molecule has 0 saturated carbocycles. The molecule has 0 spiro atoms. The van der Waals surface area contributed by atoms with E-state index in [2.05, 4.69) is 36.2 Å². The van der Waals surface area contributed by atoms with E-state index in [4.69, 9.17) is 5.26 Å². The zero-order valence-electron chi connectivity index (χ0n) is 15.1. The van der Waals surface area contributed by atoms with Crippen molar-refractivity contribution >= 4 is 11.5 Å². The summed E-state index contributed by atoms with van der Waals surface area (Å²) in [5.74, 6) is 0.638. The van der Waals surface area contributed by atoms with Gasteiger partial charge in [-0.3, -0.25) is 4.79 Å². The Morgan fingerprint density at radius 2 is 1.96 bits per heavy atom. The summed E-state index contributed by atoms with van der Waals surface area (Å²) in [5.41, 5.74) is 4.50. The molecular formula is C21H22N4O. The monoisotopic (exact) mass is 346 g/mol. The maximum atomic E-state index is 12.5. The molecule has 0 radical (unpaired) electrons. The molecule has 0 saturated heterocycles. The molecule has 1 aliphatic heterocycles. The molecule has 0 aliphatic carbocycles. The molecule has 0 N–H and O–H groups in total. The number of hydrogen-bond acceptors (Lipinski definition) is 4. The molecule has 3 rings (SSSR count). The SMILES string of the molecule is CC(C)c1ccc(CC(=O)N2CC=C(c3ccc(C#N)nn3)CC2)cc1. The molecule has 26 heavy (non-hydrogen) atoms. The lowest BCUT2D eigenvalue weighted by atomic mass is 10.00. The van der Waals surface area contributed by atoms with Crippen molar-refractivity contribution in [2.24, 2.45) is 0 Å². The molecule has 2 aromatic rings. The molecule has 0 unspecified atom stereocenters. The molecule has 1 amide bonds. The Balaban J connectivity index is 1.60. The van der Waals surface area contributed by atoms with Gasteiger partial charge in [-0.1, -0.05) is 44.2 Å². The van der Waals surface area contributed by atoms with Crippen molar-refractivity contribution in [3.63, 3.8) is 0 Å². The highest BCUT2D eigenvalue weighted by atomic mass is 16.2. The van der Waals surface area contributed by atoms with Crippen LogP contribution in [0.15, 0.2) is 42.5 Å². The van der Waals surface area contributed by atoms with Crippen LogP contribution in [-0.2, 0) is 11.2 Å². The number of hydrogen-bond donors (Lipinski definition) is 0. The number of rotatable bonds is 4. The van der Waals surface area contributed by atoms with Gasteiger partial charge in [0.2, 0.25) is 5.91 Å². The lowest BCUT2D eigenvalue weighted by molar-refractivity contribution is -0.130. The zero-order chi connectivity index (χ0) is 18.5. The summed E-state index contributed by atoms with van der Waals surface area (Å²) in [5, 5.41) is 16.7. The molecule has 5 nitrogen and oxygen atoms in total. The molecular weight excluding hydrogens is 324 g/mol. The second-order valence-electron chi connectivity index (χ2n) is 6.81. The zero-order valence-corrected chi connectivity index (χ0v) is 15.1. The van der Waals surface area contributed by atoms with Crippen LogP contribution in [0, 0.1) is 11.3 Å². The number of aromatic nitrogens is 2. The van der Waals surface area contributed by atoms with Crippen molar-refractivity contribution in [2.45, 2.75) is 32.6 Å². The average molecular weight is 346 g/mol. The second-order valence-corrected chi connectivity index (χ2v) is 6.81. The predicted molar refractivity (Wildman–Crippen MR) is 100 cm³/mol. The van der Waals surface area contributed by atoms with E-state index < -0.39 is 0 Å². The minimum absolute atomic E-state index is 0.142. The lowest BCUT2D eigenvalue weighted by Gasteiger charge is -2.26. The smallest absolute Gasteiger partial charge is 0.227 e. The first-order valence-electron chi connectivity index (χ1n) is 8.86. The van der Waals surface area contributed by atoms with Crippen LogP contribution in [0.1, 0.15) is 48.7 Å². The van der Waals surface area contributed by atoms with Crippen LogP contribution in [0.4, 0.5) is 0 Å². The first kappa shape index (κ1) is 17.8. The minimum atomic E-state index is 0.142. The standard InChI is InChI=1S/C21H22N4O/c1-15(2)17-5-3-16(4-6-17)13-21(26)25-11-9-18(10-12-25)20-8-7-19(14-22)23-24-20/h3-9,15H,10-13H2,1-2H3. The highest BCUT2D eigenvalue weighted by molar-refractivity contribution is 5.80. The van der Waals surface area contributed by atoms with Crippen LogP contribution < -0.4 is 0 Å². The van der Waals surface area contributed by atoms with Crippen molar-refractivity contribution < 1.29 is 4.79 Å². The van der Waals surface area contributed by atoms with Crippen molar-refractivity contribution in [3.8, 4) is 6.07 Å². The Bertz CT molecular complexity index is 845. The Morgan fingerprint density at radius 1 is 1.19 bits per heavy atom. The Hall–Kier alpha value is -3.00. The third-order valence-corrected chi connectivity index (χ3v) is 4.67. The number of amides is 1. The molecule has 2 heterocycles. The van der Waals surface area contributed by atoms with Crippen LogP contribution in [0.25, 0.3) is 5.57 Å². The van der Waals surface area contributed by atoms with Gasteiger partial charge in [-0.2, -0.15) is 5.26 Å². The van der Waals surface area contributed by atoms with E-state index >= 15 is 0 Å². The fourth-order valence-corrected chi connectivity index (χ4v) is 3.00. The summed E-state index contributed by atoms with van der Waals surface area (Å²) in [4.78, 5) is 14.4. The summed E-state index contributed by atoms with van der Waals surface area (Å²) in [7, 11) is 0. The van der Waals surface area contributed by atoms with Crippen molar-refractivity contribution in [1.82, 2.24) is 15.1 Å². The predicted octanol–water partition coefficient (Wildman–Crippen LogP) is 3.33. The van der Waals surface area contributed by atoms with E-state index in [1.165, 1.54) is 5.56 Å². The van der Waals surface area contributed by atoms with E-state index in [1.54, 1.807) is 6.07 Å². The topological polar surface area (TPSA) is 69.9 Å². The molecule has 1 aromatic heterocycles. The Morgan fingerprint density at radius 3 is 2.50 bits per heavy atom. The van der Waals surface area contributed by atoms with Gasteiger partial charge in [-0.25, -0.2) is 0 Å².